The van der Waals surface area contributed by atoms with Crippen LogP contribution in [-0.2, 0) is 11.2 Å². The summed E-state index contributed by atoms with van der Waals surface area (Å²) in [6, 6.07) is 11.7. The molecule has 1 aliphatic carbocycles. The maximum absolute atomic E-state index is 12.5. The first-order chi connectivity index (χ1) is 14.7. The Labute approximate surface area is 180 Å². The van der Waals surface area contributed by atoms with Crippen molar-refractivity contribution in [1.82, 2.24) is 9.97 Å². The molecule has 0 radical (unpaired) electrons. The number of aryl methyl sites for hydroxylation is 1. The van der Waals surface area contributed by atoms with E-state index in [1.54, 1.807) is 17.5 Å². The molecule has 0 spiro atoms. The van der Waals surface area contributed by atoms with Gasteiger partial charge < -0.3 is 10.1 Å². The molecule has 1 aromatic carbocycles. The number of methoxy groups -OCH3 is 1. The van der Waals surface area contributed by atoms with E-state index in [0.717, 1.165) is 41.2 Å². The maximum Gasteiger partial charge on any atom is 0.341 e. The van der Waals surface area contributed by atoms with Crippen molar-refractivity contribution in [3.05, 3.63) is 64.8 Å². The molecule has 0 amide bonds. The van der Waals surface area contributed by atoms with Gasteiger partial charge in [0.25, 0.3) is 0 Å². The third kappa shape index (κ3) is 4.28. The van der Waals surface area contributed by atoms with Crippen LogP contribution in [0.2, 0.25) is 0 Å². The molecule has 3 aromatic rings. The first-order valence-electron chi connectivity index (χ1n) is 10.3. The van der Waals surface area contributed by atoms with Gasteiger partial charge in [-0.2, -0.15) is 0 Å². The monoisotopic (exact) mass is 419 g/mol. The van der Waals surface area contributed by atoms with Gasteiger partial charge in [-0.15, -0.1) is 0 Å². The predicted molar refractivity (Wildman–Crippen MR) is 122 cm³/mol. The number of hydrogen-bond donors (Lipinski definition) is 1. The smallest absolute Gasteiger partial charge is 0.341 e. The first-order valence-corrected chi connectivity index (χ1v) is 11.1. The van der Waals surface area contributed by atoms with Crippen molar-refractivity contribution in [1.29, 1.82) is 0 Å². The van der Waals surface area contributed by atoms with E-state index in [4.69, 9.17) is 9.72 Å². The zero-order valence-electron chi connectivity index (χ0n) is 17.3. The van der Waals surface area contributed by atoms with Crippen LogP contribution in [0, 0.1) is 0 Å². The van der Waals surface area contributed by atoms with Gasteiger partial charge in [0, 0.05) is 11.8 Å². The molecule has 0 saturated heterocycles. The number of esters is 1. The molecule has 1 N–H and O–H groups in total. The number of carbonyl (C=O) groups excluding carboxylic acids is 1. The molecule has 0 saturated carbocycles. The van der Waals surface area contributed by atoms with Crippen molar-refractivity contribution in [3.8, 4) is 11.1 Å². The Kier molecular flexibility index (Phi) is 6.23. The highest BCUT2D eigenvalue weighted by atomic mass is 32.1. The Morgan fingerprint density at radius 2 is 2.03 bits per heavy atom. The lowest BCUT2D eigenvalue weighted by atomic mass is 9.97. The molecular formula is C24H25N3O2S. The summed E-state index contributed by atoms with van der Waals surface area (Å²) in [5.41, 5.74) is 4.74. The SMILES string of the molecule is CCc1nc(Nc2ncc(-c3ccccc3)cc2C(=O)OC)sc1C1=CCCCC1. The lowest BCUT2D eigenvalue weighted by molar-refractivity contribution is 0.0601. The lowest BCUT2D eigenvalue weighted by Gasteiger charge is -2.11. The molecule has 5 nitrogen and oxygen atoms in total. The van der Waals surface area contributed by atoms with Crippen LogP contribution < -0.4 is 5.32 Å². The number of nitrogens with one attached hydrogen (secondary N) is 1. The highest BCUT2D eigenvalue weighted by molar-refractivity contribution is 7.16. The molecule has 4 rings (SSSR count). The summed E-state index contributed by atoms with van der Waals surface area (Å²) in [5, 5.41) is 4.02. The van der Waals surface area contributed by atoms with Crippen LogP contribution in [0.3, 0.4) is 0 Å². The van der Waals surface area contributed by atoms with Gasteiger partial charge in [-0.3, -0.25) is 0 Å². The van der Waals surface area contributed by atoms with Crippen LogP contribution in [-0.4, -0.2) is 23.0 Å². The van der Waals surface area contributed by atoms with E-state index in [-0.39, 0.29) is 0 Å². The van der Waals surface area contributed by atoms with Gasteiger partial charge in [0.2, 0.25) is 0 Å². The van der Waals surface area contributed by atoms with Crippen LogP contribution in [0.4, 0.5) is 10.9 Å². The molecule has 154 valence electrons. The van der Waals surface area contributed by atoms with Crippen LogP contribution in [0.25, 0.3) is 16.7 Å². The Morgan fingerprint density at radius 3 is 2.73 bits per heavy atom. The summed E-state index contributed by atoms with van der Waals surface area (Å²) >= 11 is 1.63. The van der Waals surface area contributed by atoms with E-state index >= 15 is 0 Å². The third-order valence-electron chi connectivity index (χ3n) is 5.24. The molecule has 1 aliphatic rings. The van der Waals surface area contributed by atoms with Gasteiger partial charge in [0.15, 0.2) is 5.13 Å². The summed E-state index contributed by atoms with van der Waals surface area (Å²) in [7, 11) is 1.38. The average Bonchev–Trinajstić information content (AvgIpc) is 3.23. The first kappa shape index (κ1) is 20.3. The Bertz CT molecular complexity index is 1070. The molecule has 2 aromatic heterocycles. The molecule has 0 aliphatic heterocycles. The van der Waals surface area contributed by atoms with E-state index in [9.17, 15) is 4.79 Å². The highest BCUT2D eigenvalue weighted by Gasteiger charge is 2.19. The molecular weight excluding hydrogens is 394 g/mol. The summed E-state index contributed by atoms with van der Waals surface area (Å²) < 4.78 is 5.01. The summed E-state index contributed by atoms with van der Waals surface area (Å²) in [5.74, 6) is 0.0346. The van der Waals surface area contributed by atoms with Gasteiger partial charge in [0.1, 0.15) is 11.4 Å². The zero-order valence-corrected chi connectivity index (χ0v) is 18.1. The zero-order chi connectivity index (χ0) is 20.9. The standard InChI is InChI=1S/C24H25N3O2S/c1-3-20-21(17-12-8-5-9-13-17)30-24(26-20)27-22-19(23(28)29-2)14-18(15-25-22)16-10-6-4-7-11-16/h4,6-7,10-12,14-15H,3,5,8-9,13H2,1-2H3,(H,25,26,27). The lowest BCUT2D eigenvalue weighted by Crippen LogP contribution is -2.07. The third-order valence-corrected chi connectivity index (χ3v) is 6.33. The number of anilines is 2. The number of rotatable bonds is 6. The van der Waals surface area contributed by atoms with Crippen molar-refractivity contribution in [2.24, 2.45) is 0 Å². The Hall–Kier alpha value is -2.99. The fourth-order valence-electron chi connectivity index (χ4n) is 3.66. The fourth-order valence-corrected chi connectivity index (χ4v) is 4.78. The highest BCUT2D eigenvalue weighted by Crippen LogP contribution is 2.37. The topological polar surface area (TPSA) is 64.1 Å². The van der Waals surface area contributed by atoms with Gasteiger partial charge in [-0.25, -0.2) is 14.8 Å². The van der Waals surface area contributed by atoms with Crippen molar-refractivity contribution in [2.75, 3.05) is 12.4 Å². The van der Waals surface area contributed by atoms with Gasteiger partial charge in [-0.1, -0.05) is 54.7 Å². The number of hydrogen-bond acceptors (Lipinski definition) is 6. The fraction of sp³-hybridized carbons (Fsp3) is 0.292. The second kappa shape index (κ2) is 9.22. The number of benzene rings is 1. The van der Waals surface area contributed by atoms with E-state index < -0.39 is 5.97 Å². The minimum atomic E-state index is -0.426. The van der Waals surface area contributed by atoms with Gasteiger partial charge in [0.05, 0.1) is 17.7 Å². The van der Waals surface area contributed by atoms with Crippen LogP contribution in [0.1, 0.15) is 53.5 Å². The minimum absolute atomic E-state index is 0.394. The minimum Gasteiger partial charge on any atom is -0.465 e. The van der Waals surface area contributed by atoms with E-state index in [0.29, 0.717) is 11.4 Å². The van der Waals surface area contributed by atoms with Gasteiger partial charge >= 0.3 is 5.97 Å². The van der Waals surface area contributed by atoms with Crippen molar-refractivity contribution >= 4 is 33.8 Å². The maximum atomic E-state index is 12.5. The van der Waals surface area contributed by atoms with Crippen LogP contribution in [0.15, 0.2) is 48.7 Å². The van der Waals surface area contributed by atoms with E-state index in [2.05, 4.69) is 23.3 Å². The number of carbonyl (C=O) groups is 1. The number of nitrogens with zero attached hydrogens (tertiary/aromatic N) is 2. The molecule has 0 bridgehead atoms. The Morgan fingerprint density at radius 1 is 1.20 bits per heavy atom. The molecule has 30 heavy (non-hydrogen) atoms. The molecule has 0 fully saturated rings. The molecule has 2 heterocycles. The number of aromatic nitrogens is 2. The molecule has 6 heteroatoms. The number of ether oxygens (including phenoxy) is 1. The Balaban J connectivity index is 1.68. The summed E-state index contributed by atoms with van der Waals surface area (Å²) in [4.78, 5) is 23.0. The quantitative estimate of drug-likeness (QED) is 0.478. The molecule has 0 unspecified atom stereocenters. The number of allylic oxidation sites excluding steroid dienone is 2. The van der Waals surface area contributed by atoms with E-state index in [1.807, 2.05) is 36.4 Å². The normalized spacial score (nSPS) is 13.6. The van der Waals surface area contributed by atoms with Crippen molar-refractivity contribution < 1.29 is 9.53 Å². The second-order valence-electron chi connectivity index (χ2n) is 7.23. The second-order valence-corrected chi connectivity index (χ2v) is 8.23. The van der Waals surface area contributed by atoms with Crippen molar-refractivity contribution in [2.45, 2.75) is 39.0 Å². The average molecular weight is 420 g/mol. The van der Waals surface area contributed by atoms with Crippen LogP contribution in [0.5, 0.6) is 0 Å². The molecule has 0 atom stereocenters. The van der Waals surface area contributed by atoms with Crippen LogP contribution >= 0.6 is 11.3 Å². The van der Waals surface area contributed by atoms with E-state index in [1.165, 1.54) is 30.4 Å². The summed E-state index contributed by atoms with van der Waals surface area (Å²) in [6.45, 7) is 2.12. The van der Waals surface area contributed by atoms with Gasteiger partial charge in [-0.05, 0) is 49.3 Å². The van der Waals surface area contributed by atoms with Crippen molar-refractivity contribution in [3.63, 3.8) is 0 Å². The predicted octanol–water partition coefficient (Wildman–Crippen LogP) is 6.26. The summed E-state index contributed by atoms with van der Waals surface area (Å²) in [6.07, 6.45) is 9.70. The largest absolute Gasteiger partial charge is 0.465 e. The number of thiazole rings is 1. The number of pyridine rings is 1.